The molecule has 0 spiro atoms. The van der Waals surface area contributed by atoms with Crippen molar-refractivity contribution in [2.75, 3.05) is 33.4 Å². The topological polar surface area (TPSA) is 33.7 Å². The van der Waals surface area contributed by atoms with Gasteiger partial charge in [0.1, 0.15) is 5.75 Å². The van der Waals surface area contributed by atoms with Gasteiger partial charge in [0.05, 0.1) is 24.8 Å². The van der Waals surface area contributed by atoms with Crippen LogP contribution in [-0.4, -0.2) is 38.4 Å². The molecule has 1 aliphatic rings. The average molecular weight is 301 g/mol. The van der Waals surface area contributed by atoms with Crippen molar-refractivity contribution in [3.63, 3.8) is 0 Å². The molecule has 0 aliphatic carbocycles. The summed E-state index contributed by atoms with van der Waals surface area (Å²) < 4.78 is 11.5. The first-order valence-corrected chi connectivity index (χ1v) is 6.47. The number of methoxy groups -OCH3 is 1. The largest absolute Gasteiger partial charge is 0.496 e. The Hall–Kier alpha value is -0.620. The van der Waals surface area contributed by atoms with Crippen LogP contribution in [0.5, 0.6) is 5.75 Å². The Bertz CT molecular complexity index is 368. The lowest BCUT2D eigenvalue weighted by atomic mass is 10.2. The lowest BCUT2D eigenvalue weighted by Crippen LogP contribution is -2.45. The van der Waals surface area contributed by atoms with E-state index in [0.717, 1.165) is 43.1 Å². The third kappa shape index (κ3) is 3.67. The highest BCUT2D eigenvalue weighted by molar-refractivity contribution is 9.10. The minimum Gasteiger partial charge on any atom is -0.496 e. The van der Waals surface area contributed by atoms with Gasteiger partial charge in [-0.05, 0) is 33.6 Å². The highest BCUT2D eigenvalue weighted by Crippen LogP contribution is 2.25. The van der Waals surface area contributed by atoms with Gasteiger partial charge >= 0.3 is 0 Å². The van der Waals surface area contributed by atoms with E-state index in [1.54, 1.807) is 7.11 Å². The number of benzene rings is 1. The summed E-state index contributed by atoms with van der Waals surface area (Å²) in [4.78, 5) is 0. The quantitative estimate of drug-likeness (QED) is 0.919. The average Bonchev–Trinajstić information content (AvgIpc) is 2.38. The van der Waals surface area contributed by atoms with E-state index in [9.17, 15) is 0 Å². The smallest absolute Gasteiger partial charge is 0.133 e. The molecule has 1 aromatic carbocycles. The van der Waals surface area contributed by atoms with Crippen LogP contribution < -0.4 is 10.2 Å². The van der Waals surface area contributed by atoms with E-state index in [1.165, 1.54) is 5.56 Å². The van der Waals surface area contributed by atoms with Gasteiger partial charge in [0, 0.05) is 19.6 Å². The van der Waals surface area contributed by atoms with Crippen molar-refractivity contribution >= 4 is 15.9 Å². The van der Waals surface area contributed by atoms with Gasteiger partial charge < -0.3 is 9.47 Å². The molecule has 0 unspecified atom stereocenters. The Morgan fingerprint density at radius 3 is 2.82 bits per heavy atom. The van der Waals surface area contributed by atoms with Gasteiger partial charge in [-0.25, -0.2) is 5.01 Å². The molecular formula is C12H17BrN2O2. The summed E-state index contributed by atoms with van der Waals surface area (Å²) >= 11 is 3.49. The van der Waals surface area contributed by atoms with Gasteiger partial charge in [-0.3, -0.25) is 5.43 Å². The lowest BCUT2D eigenvalue weighted by Gasteiger charge is -2.27. The normalized spacial score (nSPS) is 17.1. The molecule has 0 bridgehead atoms. The van der Waals surface area contributed by atoms with Crippen LogP contribution in [0.25, 0.3) is 0 Å². The molecule has 2 rings (SSSR count). The summed E-state index contributed by atoms with van der Waals surface area (Å²) in [5.74, 6) is 0.861. The second-order valence-electron chi connectivity index (χ2n) is 3.90. The number of halogens is 1. The molecule has 0 radical (unpaired) electrons. The van der Waals surface area contributed by atoms with Gasteiger partial charge in [0.2, 0.25) is 0 Å². The maximum Gasteiger partial charge on any atom is 0.133 e. The van der Waals surface area contributed by atoms with Crippen LogP contribution in [0.15, 0.2) is 22.7 Å². The number of ether oxygens (including phenoxy) is 2. The molecule has 0 atom stereocenters. The van der Waals surface area contributed by atoms with Gasteiger partial charge in [0.25, 0.3) is 0 Å². The second kappa shape index (κ2) is 6.35. The van der Waals surface area contributed by atoms with Gasteiger partial charge in [-0.15, -0.1) is 0 Å². The van der Waals surface area contributed by atoms with Crippen LogP contribution in [0.4, 0.5) is 0 Å². The molecule has 0 aromatic heterocycles. The van der Waals surface area contributed by atoms with Gasteiger partial charge in [-0.1, -0.05) is 6.07 Å². The fourth-order valence-corrected chi connectivity index (χ4v) is 2.33. The third-order valence-electron chi connectivity index (χ3n) is 2.73. The zero-order chi connectivity index (χ0) is 12.1. The Labute approximate surface area is 110 Å². The molecule has 0 saturated carbocycles. The van der Waals surface area contributed by atoms with Crippen LogP contribution in [-0.2, 0) is 11.3 Å². The molecule has 4 nitrogen and oxygen atoms in total. The van der Waals surface area contributed by atoms with E-state index >= 15 is 0 Å². The summed E-state index contributed by atoms with van der Waals surface area (Å²) in [6.45, 7) is 4.32. The van der Waals surface area contributed by atoms with Crippen molar-refractivity contribution in [2.45, 2.75) is 6.54 Å². The molecule has 94 valence electrons. The Kier molecular flexibility index (Phi) is 4.79. The zero-order valence-corrected chi connectivity index (χ0v) is 11.5. The van der Waals surface area contributed by atoms with Crippen molar-refractivity contribution in [3.8, 4) is 5.75 Å². The predicted molar refractivity (Wildman–Crippen MR) is 69.9 cm³/mol. The molecule has 5 heteroatoms. The van der Waals surface area contributed by atoms with Crippen molar-refractivity contribution < 1.29 is 9.47 Å². The van der Waals surface area contributed by atoms with Gasteiger partial charge in [-0.2, -0.15) is 0 Å². The summed E-state index contributed by atoms with van der Waals surface area (Å²) in [7, 11) is 1.67. The Morgan fingerprint density at radius 1 is 1.41 bits per heavy atom. The van der Waals surface area contributed by atoms with Crippen molar-refractivity contribution in [1.29, 1.82) is 0 Å². The molecule has 1 aromatic rings. The number of hydrazine groups is 1. The maximum atomic E-state index is 5.30. The number of nitrogens with zero attached hydrogens (tertiary/aromatic N) is 1. The van der Waals surface area contributed by atoms with E-state index in [-0.39, 0.29) is 0 Å². The number of nitrogens with one attached hydrogen (secondary N) is 1. The third-order valence-corrected chi connectivity index (χ3v) is 3.35. The number of hydrogen-bond donors (Lipinski definition) is 1. The first kappa shape index (κ1) is 12.8. The lowest BCUT2D eigenvalue weighted by molar-refractivity contribution is 0.0106. The standard InChI is InChI=1S/C12H17BrN2O2/c1-16-12-3-2-10(8-11(12)13)9-14-15-4-6-17-7-5-15/h2-3,8,14H,4-7,9H2,1H3. The fraction of sp³-hybridized carbons (Fsp3) is 0.500. The summed E-state index contributed by atoms with van der Waals surface area (Å²) in [5, 5.41) is 2.20. The minimum absolute atomic E-state index is 0.805. The summed E-state index contributed by atoms with van der Waals surface area (Å²) in [5.41, 5.74) is 4.62. The molecule has 1 saturated heterocycles. The molecule has 1 fully saturated rings. The number of rotatable bonds is 4. The maximum absolute atomic E-state index is 5.30. The van der Waals surface area contributed by atoms with E-state index in [4.69, 9.17) is 9.47 Å². The highest BCUT2D eigenvalue weighted by atomic mass is 79.9. The molecule has 0 amide bonds. The van der Waals surface area contributed by atoms with Crippen molar-refractivity contribution in [3.05, 3.63) is 28.2 Å². The minimum atomic E-state index is 0.805. The van der Waals surface area contributed by atoms with Crippen LogP contribution in [0.1, 0.15) is 5.56 Å². The fourth-order valence-electron chi connectivity index (χ4n) is 1.74. The van der Waals surface area contributed by atoms with E-state index in [1.807, 2.05) is 6.07 Å². The van der Waals surface area contributed by atoms with Crippen molar-refractivity contribution in [2.24, 2.45) is 0 Å². The molecule has 1 N–H and O–H groups in total. The highest BCUT2D eigenvalue weighted by Gasteiger charge is 2.09. The predicted octanol–water partition coefficient (Wildman–Crippen LogP) is 1.79. The monoisotopic (exact) mass is 300 g/mol. The van der Waals surface area contributed by atoms with E-state index < -0.39 is 0 Å². The zero-order valence-electron chi connectivity index (χ0n) is 9.91. The molecule has 1 heterocycles. The summed E-state index contributed by atoms with van der Waals surface area (Å²) in [6.07, 6.45) is 0. The Balaban J connectivity index is 1.87. The van der Waals surface area contributed by atoms with Crippen LogP contribution in [0.2, 0.25) is 0 Å². The molecule has 17 heavy (non-hydrogen) atoms. The van der Waals surface area contributed by atoms with Crippen LogP contribution in [0.3, 0.4) is 0 Å². The summed E-state index contributed by atoms with van der Waals surface area (Å²) in [6, 6.07) is 6.11. The van der Waals surface area contributed by atoms with E-state index in [2.05, 4.69) is 38.5 Å². The molecule has 1 aliphatic heterocycles. The first-order chi connectivity index (χ1) is 8.29. The SMILES string of the molecule is COc1ccc(CNN2CCOCC2)cc1Br. The number of hydrogen-bond acceptors (Lipinski definition) is 4. The van der Waals surface area contributed by atoms with Crippen LogP contribution >= 0.6 is 15.9 Å². The first-order valence-electron chi connectivity index (χ1n) is 5.68. The van der Waals surface area contributed by atoms with E-state index in [0.29, 0.717) is 0 Å². The van der Waals surface area contributed by atoms with Crippen LogP contribution in [0, 0.1) is 0 Å². The Morgan fingerprint density at radius 2 is 2.18 bits per heavy atom. The van der Waals surface area contributed by atoms with Gasteiger partial charge in [0.15, 0.2) is 0 Å². The number of morpholine rings is 1. The molecular weight excluding hydrogens is 284 g/mol. The second-order valence-corrected chi connectivity index (χ2v) is 4.76. The van der Waals surface area contributed by atoms with Crippen molar-refractivity contribution in [1.82, 2.24) is 10.4 Å².